The topological polar surface area (TPSA) is 88.6 Å². The molecule has 0 spiro atoms. The number of methoxy groups -OCH3 is 1. The van der Waals surface area contributed by atoms with Gasteiger partial charge in [-0.15, -0.1) is 10.2 Å². The monoisotopic (exact) mass is 568 g/mol. The Bertz CT molecular complexity index is 1370. The van der Waals surface area contributed by atoms with Crippen molar-refractivity contribution in [1.29, 1.82) is 0 Å². The lowest BCUT2D eigenvalue weighted by Crippen LogP contribution is -2.35. The summed E-state index contributed by atoms with van der Waals surface area (Å²) in [5, 5.41) is 20.0. The maximum Gasteiger partial charge on any atom is 0.302 e. The average molecular weight is 570 g/mol. The molecule has 1 saturated carbocycles. The molecule has 0 radical (unpaired) electrons. The van der Waals surface area contributed by atoms with Gasteiger partial charge in [-0.1, -0.05) is 48.8 Å². The number of para-hydroxylation sites is 2. The van der Waals surface area contributed by atoms with Crippen molar-refractivity contribution >= 4 is 38.4 Å². The average Bonchev–Trinajstić information content (AvgIpc) is 3.23. The third-order valence-corrected chi connectivity index (χ3v) is 7.99. The number of aromatic hydroxyl groups is 1. The number of nitrogens with zero attached hydrogens (tertiary/aromatic N) is 4. The summed E-state index contributed by atoms with van der Waals surface area (Å²) in [5.41, 5.74) is 1.71. The van der Waals surface area contributed by atoms with Crippen LogP contribution < -0.4 is 9.47 Å². The number of hydrogen-bond donors (Lipinski definition) is 1. The molecule has 2 aliphatic rings. The molecule has 2 heterocycles. The Balaban J connectivity index is 1.38. The number of likely N-dealkylation sites (tertiary alicyclic amines) is 1. The van der Waals surface area contributed by atoms with Crippen molar-refractivity contribution < 1.29 is 19.4 Å². The van der Waals surface area contributed by atoms with Gasteiger partial charge in [0.05, 0.1) is 19.3 Å². The van der Waals surface area contributed by atoms with Crippen LogP contribution in [-0.4, -0.2) is 46.8 Å². The van der Waals surface area contributed by atoms with Crippen LogP contribution in [0.1, 0.15) is 40.0 Å². The maximum absolute atomic E-state index is 12.5. The van der Waals surface area contributed by atoms with Crippen molar-refractivity contribution in [2.75, 3.05) is 20.3 Å². The van der Waals surface area contributed by atoms with E-state index in [1.165, 1.54) is 20.0 Å². The molecule has 37 heavy (non-hydrogen) atoms. The van der Waals surface area contributed by atoms with E-state index in [1.54, 1.807) is 18.2 Å². The van der Waals surface area contributed by atoms with Crippen molar-refractivity contribution in [2.24, 2.45) is 21.1 Å². The number of amides is 1. The highest BCUT2D eigenvalue weighted by atomic mass is 79.9. The molecule has 9 heteroatoms. The van der Waals surface area contributed by atoms with E-state index in [2.05, 4.69) is 51.8 Å². The molecular weight excluding hydrogens is 536 g/mol. The first kappa shape index (κ1) is 25.7. The molecule has 1 aliphatic carbocycles. The van der Waals surface area contributed by atoms with Gasteiger partial charge in [-0.3, -0.25) is 14.3 Å². The van der Waals surface area contributed by atoms with E-state index in [0.717, 1.165) is 28.3 Å². The van der Waals surface area contributed by atoms with Gasteiger partial charge in [-0.05, 0) is 60.4 Å². The zero-order chi connectivity index (χ0) is 26.4. The second-order valence-electron chi connectivity index (χ2n) is 11.4. The SMILES string of the molecule is COc1ccccc1OCC(=O)N=Nc1c(O)n(CN2C[C@@]3(C)C[C@@H]2CC(C)(C)C3)c2ccc(Br)cc12. The normalized spacial score (nSPS) is 23.1. The fraction of sp³-hybridized carbons (Fsp3) is 0.464. The first-order valence-electron chi connectivity index (χ1n) is 12.5. The minimum Gasteiger partial charge on any atom is -0.493 e. The van der Waals surface area contributed by atoms with Gasteiger partial charge in [0, 0.05) is 22.4 Å². The maximum atomic E-state index is 12.5. The van der Waals surface area contributed by atoms with E-state index in [-0.39, 0.29) is 23.6 Å². The van der Waals surface area contributed by atoms with E-state index in [4.69, 9.17) is 9.47 Å². The first-order valence-corrected chi connectivity index (χ1v) is 13.3. The molecule has 3 aromatic rings. The molecular formula is C28H33BrN4O4. The smallest absolute Gasteiger partial charge is 0.302 e. The van der Waals surface area contributed by atoms with Crippen LogP contribution in [0, 0.1) is 10.8 Å². The van der Waals surface area contributed by atoms with Crippen molar-refractivity contribution in [2.45, 2.75) is 52.7 Å². The zero-order valence-corrected chi connectivity index (χ0v) is 23.3. The van der Waals surface area contributed by atoms with Gasteiger partial charge >= 0.3 is 5.91 Å². The highest BCUT2D eigenvalue weighted by molar-refractivity contribution is 9.10. The highest BCUT2D eigenvalue weighted by Gasteiger charge is 2.49. The largest absolute Gasteiger partial charge is 0.493 e. The second-order valence-corrected chi connectivity index (χ2v) is 12.3. The van der Waals surface area contributed by atoms with Crippen LogP contribution >= 0.6 is 15.9 Å². The molecule has 0 unspecified atom stereocenters. The Morgan fingerprint density at radius 2 is 1.92 bits per heavy atom. The summed E-state index contributed by atoms with van der Waals surface area (Å²) in [6, 6.07) is 13.3. The summed E-state index contributed by atoms with van der Waals surface area (Å²) in [4.78, 5) is 15.0. The lowest BCUT2D eigenvalue weighted by molar-refractivity contribution is -0.120. The van der Waals surface area contributed by atoms with Crippen molar-refractivity contribution in [3.63, 3.8) is 0 Å². The van der Waals surface area contributed by atoms with Crippen molar-refractivity contribution in [1.82, 2.24) is 9.47 Å². The second kappa shape index (κ2) is 9.76. The quantitative estimate of drug-likeness (QED) is 0.321. The van der Waals surface area contributed by atoms with Gasteiger partial charge < -0.3 is 14.6 Å². The molecule has 1 amide bonds. The standard InChI is InChI=1S/C28H33BrN4O4/c1-27(2)12-19-13-28(3,15-27)16-32(19)17-33-21-10-9-18(29)11-20(21)25(26(33)35)31-30-24(34)14-37-23-8-6-5-7-22(23)36-4/h5-11,19,35H,12-17H2,1-4H3/t19-,28-/m0/s1. The predicted molar refractivity (Wildman–Crippen MR) is 146 cm³/mol. The van der Waals surface area contributed by atoms with Gasteiger partial charge in [-0.25, -0.2) is 0 Å². The molecule has 2 atom stereocenters. The molecule has 196 valence electrons. The molecule has 5 rings (SSSR count). The van der Waals surface area contributed by atoms with E-state index in [0.29, 0.717) is 29.6 Å². The van der Waals surface area contributed by atoms with Gasteiger partial charge in [0.1, 0.15) is 0 Å². The molecule has 1 N–H and O–H groups in total. The van der Waals surface area contributed by atoms with Gasteiger partial charge in [-0.2, -0.15) is 0 Å². The molecule has 2 fully saturated rings. The van der Waals surface area contributed by atoms with Crippen LogP contribution in [0.25, 0.3) is 10.9 Å². The number of ether oxygens (including phenoxy) is 2. The van der Waals surface area contributed by atoms with Crippen LogP contribution in [0.4, 0.5) is 5.69 Å². The van der Waals surface area contributed by atoms with E-state index >= 15 is 0 Å². The molecule has 2 aromatic carbocycles. The van der Waals surface area contributed by atoms with Crippen molar-refractivity contribution in [3.05, 3.63) is 46.9 Å². The number of carbonyl (C=O) groups excluding carboxylic acids is 1. The van der Waals surface area contributed by atoms with Crippen LogP contribution in [-0.2, 0) is 11.5 Å². The molecule has 1 saturated heterocycles. The number of azo groups is 1. The third-order valence-electron chi connectivity index (χ3n) is 7.50. The van der Waals surface area contributed by atoms with Gasteiger partial charge in [0.25, 0.3) is 0 Å². The summed E-state index contributed by atoms with van der Waals surface area (Å²) in [5.74, 6) is 0.414. The number of fused-ring (bicyclic) bond motifs is 3. The number of hydrogen-bond acceptors (Lipinski definition) is 6. The molecule has 1 aliphatic heterocycles. The van der Waals surface area contributed by atoms with E-state index in [9.17, 15) is 9.90 Å². The third kappa shape index (κ3) is 5.25. The summed E-state index contributed by atoms with van der Waals surface area (Å²) in [7, 11) is 1.54. The number of carbonyl (C=O) groups is 1. The lowest BCUT2D eigenvalue weighted by Gasteiger charge is -2.40. The first-order chi connectivity index (χ1) is 17.6. The minimum atomic E-state index is -0.565. The number of benzene rings is 2. The number of rotatable bonds is 7. The van der Waals surface area contributed by atoms with Crippen LogP contribution in [0.5, 0.6) is 17.4 Å². The summed E-state index contributed by atoms with van der Waals surface area (Å²) in [6.45, 7) is 8.34. The Hall–Kier alpha value is -2.91. The minimum absolute atomic E-state index is 0.00107. The predicted octanol–water partition coefficient (Wildman–Crippen LogP) is 6.67. The summed E-state index contributed by atoms with van der Waals surface area (Å²) < 4.78 is 13.5. The number of halogens is 1. The molecule has 1 aromatic heterocycles. The van der Waals surface area contributed by atoms with E-state index in [1.807, 2.05) is 28.8 Å². The Morgan fingerprint density at radius 1 is 1.16 bits per heavy atom. The fourth-order valence-electron chi connectivity index (χ4n) is 6.47. The van der Waals surface area contributed by atoms with Gasteiger partial charge in [0.15, 0.2) is 23.8 Å². The Kier molecular flexibility index (Phi) is 6.79. The molecule has 8 nitrogen and oxygen atoms in total. The highest BCUT2D eigenvalue weighted by Crippen LogP contribution is 2.53. The lowest BCUT2D eigenvalue weighted by atomic mass is 9.65. The fourth-order valence-corrected chi connectivity index (χ4v) is 6.83. The van der Waals surface area contributed by atoms with Crippen molar-refractivity contribution in [3.8, 4) is 17.4 Å². The molecule has 2 bridgehead atoms. The Morgan fingerprint density at radius 3 is 2.68 bits per heavy atom. The van der Waals surface area contributed by atoms with Gasteiger partial charge in [0.2, 0.25) is 5.88 Å². The number of aromatic nitrogens is 1. The van der Waals surface area contributed by atoms with Crippen LogP contribution in [0.2, 0.25) is 0 Å². The summed E-state index contributed by atoms with van der Waals surface area (Å²) in [6.07, 6.45) is 3.52. The van der Waals surface area contributed by atoms with E-state index < -0.39 is 5.91 Å². The van der Waals surface area contributed by atoms with Crippen LogP contribution in [0.3, 0.4) is 0 Å². The zero-order valence-electron chi connectivity index (χ0n) is 21.7. The Labute approximate surface area is 225 Å². The summed E-state index contributed by atoms with van der Waals surface area (Å²) >= 11 is 3.52. The van der Waals surface area contributed by atoms with Crippen LogP contribution in [0.15, 0.2) is 57.2 Å².